The number of carboxylic acid groups (broad SMARTS) is 1. The fraction of sp³-hybridized carbons (Fsp3) is 0.364. The number of hydrogen-bond acceptors (Lipinski definition) is 4. The van der Waals surface area contributed by atoms with Crippen LogP contribution in [0.25, 0.3) is 0 Å². The summed E-state index contributed by atoms with van der Waals surface area (Å²) >= 11 is 0. The third-order valence-corrected chi connectivity index (χ3v) is 2.75. The second-order valence-electron chi connectivity index (χ2n) is 4.08. The summed E-state index contributed by atoms with van der Waals surface area (Å²) in [6.45, 7) is -0.152. The summed E-state index contributed by atoms with van der Waals surface area (Å²) in [5, 5.41) is 14.0. The number of amides is 3. The zero-order valence-electron chi connectivity index (χ0n) is 9.96. The van der Waals surface area contributed by atoms with Crippen LogP contribution in [0.4, 0.5) is 4.79 Å². The molecule has 8 nitrogen and oxygen atoms in total. The van der Waals surface area contributed by atoms with Crippen LogP contribution in [0.3, 0.4) is 0 Å². The van der Waals surface area contributed by atoms with Gasteiger partial charge >= 0.3 is 12.0 Å². The molecular formula is C11H13N3O5. The molecule has 2 rings (SSSR count). The van der Waals surface area contributed by atoms with Crippen LogP contribution in [0.5, 0.6) is 0 Å². The third kappa shape index (κ3) is 3.03. The molecule has 0 radical (unpaired) electrons. The van der Waals surface area contributed by atoms with Gasteiger partial charge in [-0.15, -0.1) is 0 Å². The first kappa shape index (κ1) is 12.9. The fourth-order valence-corrected chi connectivity index (χ4v) is 1.75. The van der Waals surface area contributed by atoms with Crippen LogP contribution in [-0.2, 0) is 16.1 Å². The normalized spacial score (nSPS) is 18.8. The van der Waals surface area contributed by atoms with Gasteiger partial charge in [0.05, 0.1) is 12.5 Å². The molecule has 0 aromatic carbocycles. The van der Waals surface area contributed by atoms with Gasteiger partial charge in [-0.1, -0.05) is 0 Å². The molecule has 0 bridgehead atoms. The number of nitrogens with one attached hydrogen (secondary N) is 2. The number of carboxylic acids is 1. The van der Waals surface area contributed by atoms with Gasteiger partial charge in [-0.05, 0) is 6.07 Å². The number of urea groups is 1. The highest BCUT2D eigenvalue weighted by atomic mass is 16.4. The predicted octanol–water partition coefficient (Wildman–Crippen LogP) is -0.626. The Hall–Kier alpha value is -2.51. The van der Waals surface area contributed by atoms with E-state index in [0.29, 0.717) is 0 Å². The summed E-state index contributed by atoms with van der Waals surface area (Å²) < 4.78 is 4.85. The number of piperazine rings is 1. The minimum absolute atomic E-state index is 0.0900. The molecule has 1 aliphatic rings. The van der Waals surface area contributed by atoms with Crippen LogP contribution in [0.2, 0.25) is 0 Å². The molecular weight excluding hydrogens is 254 g/mol. The molecule has 3 N–H and O–H groups in total. The number of aliphatic carboxylic acids is 1. The van der Waals surface area contributed by atoms with E-state index in [9.17, 15) is 14.4 Å². The van der Waals surface area contributed by atoms with Crippen LogP contribution >= 0.6 is 0 Å². The van der Waals surface area contributed by atoms with Crippen molar-refractivity contribution in [3.8, 4) is 0 Å². The molecule has 1 unspecified atom stereocenters. The Balaban J connectivity index is 1.98. The lowest BCUT2D eigenvalue weighted by Gasteiger charge is -2.32. The van der Waals surface area contributed by atoms with Crippen LogP contribution < -0.4 is 10.6 Å². The van der Waals surface area contributed by atoms with Crippen molar-refractivity contribution in [1.82, 2.24) is 15.5 Å². The number of carbonyl (C=O) groups excluding carboxylic acids is 2. The Bertz CT molecular complexity index is 485. The van der Waals surface area contributed by atoms with Crippen molar-refractivity contribution in [2.24, 2.45) is 0 Å². The largest absolute Gasteiger partial charge is 0.480 e. The van der Waals surface area contributed by atoms with Gasteiger partial charge in [0.25, 0.3) is 0 Å². The van der Waals surface area contributed by atoms with E-state index < -0.39 is 18.0 Å². The van der Waals surface area contributed by atoms with Crippen molar-refractivity contribution in [1.29, 1.82) is 0 Å². The topological polar surface area (TPSA) is 112 Å². The van der Waals surface area contributed by atoms with Gasteiger partial charge in [0, 0.05) is 18.7 Å². The molecule has 19 heavy (non-hydrogen) atoms. The number of rotatable bonds is 3. The molecule has 2 heterocycles. The van der Waals surface area contributed by atoms with Gasteiger partial charge in [-0.2, -0.15) is 0 Å². The third-order valence-electron chi connectivity index (χ3n) is 2.75. The summed E-state index contributed by atoms with van der Waals surface area (Å²) in [6.07, 6.45) is 2.94. The fourth-order valence-electron chi connectivity index (χ4n) is 1.75. The average molecular weight is 267 g/mol. The summed E-state index contributed by atoms with van der Waals surface area (Å²) in [5.74, 6) is -1.53. The molecule has 3 amide bonds. The monoisotopic (exact) mass is 267 g/mol. The Kier molecular flexibility index (Phi) is 3.69. The summed E-state index contributed by atoms with van der Waals surface area (Å²) in [7, 11) is 0. The lowest BCUT2D eigenvalue weighted by Crippen LogP contribution is -2.61. The van der Waals surface area contributed by atoms with E-state index in [4.69, 9.17) is 9.52 Å². The molecule has 1 aromatic rings. The summed E-state index contributed by atoms with van der Waals surface area (Å²) in [6, 6.07) is 0.0308. The Morgan fingerprint density at radius 2 is 2.37 bits per heavy atom. The number of furan rings is 1. The van der Waals surface area contributed by atoms with Crippen molar-refractivity contribution in [2.45, 2.75) is 12.6 Å². The molecule has 1 aliphatic heterocycles. The van der Waals surface area contributed by atoms with Crippen molar-refractivity contribution in [2.75, 3.05) is 13.1 Å². The minimum Gasteiger partial charge on any atom is -0.480 e. The SMILES string of the molecule is O=C1CN(C(=O)NCc2ccoc2)C(C(=O)O)CN1. The summed E-state index contributed by atoms with van der Waals surface area (Å²) in [4.78, 5) is 35.2. The highest BCUT2D eigenvalue weighted by Crippen LogP contribution is 2.06. The van der Waals surface area contributed by atoms with E-state index in [2.05, 4.69) is 10.6 Å². The zero-order chi connectivity index (χ0) is 13.8. The highest BCUT2D eigenvalue weighted by molar-refractivity contribution is 5.90. The average Bonchev–Trinajstić information content (AvgIpc) is 2.88. The van der Waals surface area contributed by atoms with Gasteiger partial charge in [0.1, 0.15) is 12.6 Å². The van der Waals surface area contributed by atoms with E-state index in [1.54, 1.807) is 6.07 Å². The molecule has 1 atom stereocenters. The predicted molar refractivity (Wildman–Crippen MR) is 62.1 cm³/mol. The maximum atomic E-state index is 11.9. The highest BCUT2D eigenvalue weighted by Gasteiger charge is 2.35. The second-order valence-corrected chi connectivity index (χ2v) is 4.08. The molecule has 1 fully saturated rings. The number of hydrogen-bond donors (Lipinski definition) is 3. The molecule has 0 saturated carbocycles. The van der Waals surface area contributed by atoms with E-state index in [1.165, 1.54) is 12.5 Å². The maximum Gasteiger partial charge on any atom is 0.328 e. The van der Waals surface area contributed by atoms with Gasteiger partial charge < -0.3 is 20.2 Å². The molecule has 1 saturated heterocycles. The first-order valence-corrected chi connectivity index (χ1v) is 5.63. The van der Waals surface area contributed by atoms with Crippen LogP contribution in [0.1, 0.15) is 5.56 Å². The van der Waals surface area contributed by atoms with Crippen molar-refractivity contribution >= 4 is 17.9 Å². The van der Waals surface area contributed by atoms with Crippen LogP contribution in [0.15, 0.2) is 23.0 Å². The van der Waals surface area contributed by atoms with Crippen molar-refractivity contribution in [3.05, 3.63) is 24.2 Å². The molecule has 0 aliphatic carbocycles. The van der Waals surface area contributed by atoms with Gasteiger partial charge in [-0.3, -0.25) is 9.69 Å². The second kappa shape index (κ2) is 5.42. The zero-order valence-corrected chi connectivity index (χ0v) is 9.96. The Morgan fingerprint density at radius 1 is 1.58 bits per heavy atom. The van der Waals surface area contributed by atoms with Gasteiger partial charge in [-0.25, -0.2) is 9.59 Å². The smallest absolute Gasteiger partial charge is 0.328 e. The van der Waals surface area contributed by atoms with E-state index in [-0.39, 0.29) is 25.5 Å². The van der Waals surface area contributed by atoms with E-state index in [1.807, 2.05) is 0 Å². The number of nitrogens with zero attached hydrogens (tertiary/aromatic N) is 1. The lowest BCUT2D eigenvalue weighted by atomic mass is 10.2. The minimum atomic E-state index is -1.15. The van der Waals surface area contributed by atoms with Gasteiger partial charge in [0.15, 0.2) is 0 Å². The standard InChI is InChI=1S/C11H13N3O5/c15-9-5-14(8(4-12-9)10(16)17)11(18)13-3-7-1-2-19-6-7/h1-2,6,8H,3-5H2,(H,12,15)(H,13,18)(H,16,17). The van der Waals surface area contributed by atoms with Gasteiger partial charge in [0.2, 0.25) is 5.91 Å². The maximum absolute atomic E-state index is 11.9. The Morgan fingerprint density at radius 3 is 3.00 bits per heavy atom. The summed E-state index contributed by atoms with van der Waals surface area (Å²) in [5.41, 5.74) is 0.752. The van der Waals surface area contributed by atoms with Crippen LogP contribution in [-0.4, -0.2) is 47.0 Å². The molecule has 0 spiro atoms. The molecule has 8 heteroatoms. The number of carbonyl (C=O) groups is 3. The van der Waals surface area contributed by atoms with Crippen molar-refractivity contribution < 1.29 is 23.9 Å². The first-order chi connectivity index (χ1) is 9.08. The lowest BCUT2D eigenvalue weighted by molar-refractivity contribution is -0.144. The van der Waals surface area contributed by atoms with E-state index >= 15 is 0 Å². The molecule has 102 valence electrons. The first-order valence-electron chi connectivity index (χ1n) is 5.63. The molecule has 1 aromatic heterocycles. The van der Waals surface area contributed by atoms with Crippen molar-refractivity contribution in [3.63, 3.8) is 0 Å². The van der Waals surface area contributed by atoms with Crippen LogP contribution in [0, 0.1) is 0 Å². The Labute approximate surface area is 108 Å². The quantitative estimate of drug-likeness (QED) is 0.675. The van der Waals surface area contributed by atoms with E-state index in [0.717, 1.165) is 10.5 Å².